The molecule has 4 heterocycles. The van der Waals surface area contributed by atoms with Crippen LogP contribution in [0.4, 0.5) is 5.82 Å². The number of piperidine rings is 1. The SMILES string of the molecule is Nc1ncnc2c1c(-c1ccc(Oc3ccccc3)cc1)nn2[C@@H]1CCCN(C(=O)/C=C/CN[C@H]2CCOC2)C1. The van der Waals surface area contributed by atoms with Gasteiger partial charge in [-0.3, -0.25) is 4.79 Å². The Bertz CT molecular complexity index is 1480. The second-order valence-electron chi connectivity index (χ2n) is 10.1. The lowest BCUT2D eigenvalue weighted by Gasteiger charge is -2.32. The number of amides is 1. The van der Waals surface area contributed by atoms with Gasteiger partial charge in [-0.25, -0.2) is 14.6 Å². The molecule has 3 N–H and O–H groups in total. The van der Waals surface area contributed by atoms with Gasteiger partial charge in [-0.15, -0.1) is 0 Å². The van der Waals surface area contributed by atoms with E-state index in [9.17, 15) is 4.79 Å². The molecule has 2 saturated heterocycles. The predicted octanol–water partition coefficient (Wildman–Crippen LogP) is 3.97. The van der Waals surface area contributed by atoms with Gasteiger partial charge in [0.1, 0.15) is 29.3 Å². The van der Waals surface area contributed by atoms with Gasteiger partial charge in [-0.05, 0) is 55.7 Å². The monoisotopic (exact) mass is 539 g/mol. The molecule has 2 atom stereocenters. The summed E-state index contributed by atoms with van der Waals surface area (Å²) in [6.45, 7) is 3.45. The van der Waals surface area contributed by atoms with Crippen LogP contribution in [-0.2, 0) is 9.53 Å². The van der Waals surface area contributed by atoms with E-state index in [1.165, 1.54) is 6.33 Å². The predicted molar refractivity (Wildman–Crippen MR) is 153 cm³/mol. The van der Waals surface area contributed by atoms with Crippen LogP contribution < -0.4 is 15.8 Å². The quantitative estimate of drug-likeness (QED) is 0.323. The second-order valence-corrected chi connectivity index (χ2v) is 10.1. The number of nitrogens with zero attached hydrogens (tertiary/aromatic N) is 5. The number of aromatic nitrogens is 4. The van der Waals surface area contributed by atoms with Crippen LogP contribution >= 0.6 is 0 Å². The van der Waals surface area contributed by atoms with Crippen LogP contribution in [0.15, 0.2) is 73.1 Å². The summed E-state index contributed by atoms with van der Waals surface area (Å²) in [6, 6.07) is 17.7. The molecule has 2 aromatic heterocycles. The maximum atomic E-state index is 13.0. The zero-order valence-electron chi connectivity index (χ0n) is 22.3. The van der Waals surface area contributed by atoms with Crippen molar-refractivity contribution in [3.05, 3.63) is 73.1 Å². The number of rotatable bonds is 8. The lowest BCUT2D eigenvalue weighted by Crippen LogP contribution is -2.40. The van der Waals surface area contributed by atoms with E-state index in [1.54, 1.807) is 6.08 Å². The highest BCUT2D eigenvalue weighted by molar-refractivity contribution is 5.98. The number of nitrogens with two attached hydrogens (primary N) is 1. The number of likely N-dealkylation sites (tertiary alicyclic amines) is 1. The molecule has 2 aliphatic rings. The Kier molecular flexibility index (Phi) is 7.69. The van der Waals surface area contributed by atoms with Gasteiger partial charge in [-0.1, -0.05) is 24.3 Å². The molecule has 6 rings (SSSR count). The van der Waals surface area contributed by atoms with Crippen molar-refractivity contribution in [3.63, 3.8) is 0 Å². The number of benzene rings is 2. The Morgan fingerprint density at radius 3 is 2.73 bits per heavy atom. The fourth-order valence-corrected chi connectivity index (χ4v) is 5.31. The molecule has 10 nitrogen and oxygen atoms in total. The number of fused-ring (bicyclic) bond motifs is 1. The van der Waals surface area contributed by atoms with E-state index >= 15 is 0 Å². The summed E-state index contributed by atoms with van der Waals surface area (Å²) in [6.07, 6.45) is 7.80. The number of nitrogen functional groups attached to an aromatic ring is 1. The Morgan fingerprint density at radius 1 is 1.10 bits per heavy atom. The Labute approximate surface area is 232 Å². The first-order chi connectivity index (χ1) is 19.7. The molecule has 2 aliphatic heterocycles. The lowest BCUT2D eigenvalue weighted by atomic mass is 10.1. The van der Waals surface area contributed by atoms with Crippen LogP contribution in [0.1, 0.15) is 25.3 Å². The van der Waals surface area contributed by atoms with Crippen LogP contribution in [-0.4, -0.2) is 69.4 Å². The molecule has 0 saturated carbocycles. The van der Waals surface area contributed by atoms with E-state index in [0.29, 0.717) is 41.7 Å². The summed E-state index contributed by atoms with van der Waals surface area (Å²) in [5, 5.41) is 9.10. The van der Waals surface area contributed by atoms with Crippen LogP contribution in [0.3, 0.4) is 0 Å². The highest BCUT2D eigenvalue weighted by atomic mass is 16.5. The smallest absolute Gasteiger partial charge is 0.246 e. The average molecular weight is 540 g/mol. The van der Waals surface area contributed by atoms with E-state index in [4.69, 9.17) is 20.3 Å². The first-order valence-corrected chi connectivity index (χ1v) is 13.7. The maximum absolute atomic E-state index is 13.0. The molecular weight excluding hydrogens is 506 g/mol. The number of hydrogen-bond donors (Lipinski definition) is 2. The van der Waals surface area contributed by atoms with Gasteiger partial charge >= 0.3 is 0 Å². The van der Waals surface area contributed by atoms with Gasteiger partial charge in [-0.2, -0.15) is 5.10 Å². The van der Waals surface area contributed by atoms with Gasteiger partial charge in [0.25, 0.3) is 0 Å². The van der Waals surface area contributed by atoms with Crippen LogP contribution in [0.2, 0.25) is 0 Å². The summed E-state index contributed by atoms with van der Waals surface area (Å²) in [7, 11) is 0. The highest BCUT2D eigenvalue weighted by Crippen LogP contribution is 2.34. The number of para-hydroxylation sites is 1. The minimum absolute atomic E-state index is 0.00833. The van der Waals surface area contributed by atoms with E-state index in [0.717, 1.165) is 56.1 Å². The fraction of sp³-hybridized carbons (Fsp3) is 0.333. The number of nitrogens with one attached hydrogen (secondary N) is 1. The topological polar surface area (TPSA) is 120 Å². The molecule has 0 bridgehead atoms. The molecular formula is C30H33N7O3. The Balaban J connectivity index is 1.20. The first kappa shape index (κ1) is 26.0. The van der Waals surface area contributed by atoms with Crippen molar-refractivity contribution >= 4 is 22.8 Å². The van der Waals surface area contributed by atoms with Crippen molar-refractivity contribution in [1.29, 1.82) is 0 Å². The Morgan fingerprint density at radius 2 is 1.93 bits per heavy atom. The zero-order valence-corrected chi connectivity index (χ0v) is 22.3. The summed E-state index contributed by atoms with van der Waals surface area (Å²) in [5.41, 5.74) is 8.61. The number of hydrogen-bond acceptors (Lipinski definition) is 8. The zero-order chi connectivity index (χ0) is 27.3. The van der Waals surface area contributed by atoms with Crippen molar-refractivity contribution < 1.29 is 14.3 Å². The van der Waals surface area contributed by atoms with Crippen molar-refractivity contribution in [2.24, 2.45) is 0 Å². The maximum Gasteiger partial charge on any atom is 0.246 e. The van der Waals surface area contributed by atoms with E-state index in [-0.39, 0.29) is 11.9 Å². The molecule has 2 aromatic carbocycles. The minimum Gasteiger partial charge on any atom is -0.457 e. The third kappa shape index (κ3) is 5.68. The van der Waals surface area contributed by atoms with Crippen molar-refractivity contribution in [2.45, 2.75) is 31.3 Å². The molecule has 4 aromatic rings. The van der Waals surface area contributed by atoms with Crippen LogP contribution in [0.25, 0.3) is 22.3 Å². The summed E-state index contributed by atoms with van der Waals surface area (Å²) in [5.74, 6) is 1.88. The second kappa shape index (κ2) is 11.8. The highest BCUT2D eigenvalue weighted by Gasteiger charge is 2.28. The van der Waals surface area contributed by atoms with Gasteiger partial charge in [0.15, 0.2) is 5.65 Å². The van der Waals surface area contributed by atoms with E-state index in [2.05, 4.69) is 15.3 Å². The molecule has 206 valence electrons. The largest absolute Gasteiger partial charge is 0.457 e. The van der Waals surface area contributed by atoms with Crippen molar-refractivity contribution in [1.82, 2.24) is 30.0 Å². The molecule has 40 heavy (non-hydrogen) atoms. The standard InChI is InChI=1S/C30H33N7O3/c31-29-27-28(21-10-12-25(13-11-21)40-24-7-2-1-3-8-24)35-37(30(27)34-20-33-29)23-6-5-16-36(18-23)26(38)9-4-15-32-22-14-17-39-19-22/h1-4,7-13,20,22-23,32H,5-6,14-19H2,(H2,31,33,34)/b9-4+/t22-,23+/m0/s1. The molecule has 0 unspecified atom stereocenters. The number of carbonyl (C=O) groups excluding carboxylic acids is 1. The van der Waals surface area contributed by atoms with E-state index in [1.807, 2.05) is 70.3 Å². The van der Waals surface area contributed by atoms with Crippen LogP contribution in [0.5, 0.6) is 11.5 Å². The van der Waals surface area contributed by atoms with Crippen molar-refractivity contribution in [3.8, 4) is 22.8 Å². The summed E-state index contributed by atoms with van der Waals surface area (Å²) < 4.78 is 13.3. The summed E-state index contributed by atoms with van der Waals surface area (Å²) in [4.78, 5) is 23.7. The van der Waals surface area contributed by atoms with Crippen molar-refractivity contribution in [2.75, 3.05) is 38.6 Å². The van der Waals surface area contributed by atoms with Gasteiger partial charge in [0, 0.05) is 43.9 Å². The molecule has 1 amide bonds. The summed E-state index contributed by atoms with van der Waals surface area (Å²) >= 11 is 0. The molecule has 10 heteroatoms. The number of anilines is 1. The van der Waals surface area contributed by atoms with Crippen LogP contribution in [0, 0.1) is 0 Å². The minimum atomic E-state index is -0.0221. The number of ether oxygens (including phenoxy) is 2. The molecule has 0 spiro atoms. The third-order valence-electron chi connectivity index (χ3n) is 7.39. The first-order valence-electron chi connectivity index (χ1n) is 13.7. The fourth-order valence-electron chi connectivity index (χ4n) is 5.31. The Hall–Kier alpha value is -4.28. The molecule has 0 aliphatic carbocycles. The van der Waals surface area contributed by atoms with Gasteiger partial charge < -0.3 is 25.4 Å². The average Bonchev–Trinajstić information content (AvgIpc) is 3.65. The normalized spacial score (nSPS) is 19.4. The molecule has 2 fully saturated rings. The lowest BCUT2D eigenvalue weighted by molar-refractivity contribution is -0.127. The third-order valence-corrected chi connectivity index (χ3v) is 7.39. The van der Waals surface area contributed by atoms with Gasteiger partial charge in [0.2, 0.25) is 5.91 Å². The van der Waals surface area contributed by atoms with E-state index < -0.39 is 0 Å². The number of carbonyl (C=O) groups is 1. The van der Waals surface area contributed by atoms with Gasteiger partial charge in [0.05, 0.1) is 18.0 Å². The molecule has 0 radical (unpaired) electrons.